The summed E-state index contributed by atoms with van der Waals surface area (Å²) in [5, 5.41) is 9.32. The van der Waals surface area contributed by atoms with E-state index in [0.717, 1.165) is 27.8 Å². The molecule has 0 saturated heterocycles. The van der Waals surface area contributed by atoms with Gasteiger partial charge in [0.1, 0.15) is 5.75 Å². The topological polar surface area (TPSA) is 33.0 Å². The highest BCUT2D eigenvalue weighted by Gasteiger charge is 2.21. The molecule has 0 bridgehead atoms. The summed E-state index contributed by atoms with van der Waals surface area (Å²) in [6, 6.07) is 3.91. The monoisotopic (exact) mass is 271 g/mol. The molecular weight excluding hydrogens is 265 g/mol. The van der Waals surface area contributed by atoms with Crippen LogP contribution in [0.4, 0.5) is 0 Å². The standard InChI is InChI=1S/C10H7BrClNO/c11-8-5-9(12)6(1-3-13)7-2-4-14-10(7)8/h5H,1-2,4H2. The molecular formula is C10H7BrClNO. The molecule has 1 aromatic rings. The number of ether oxygens (including phenoxy) is 1. The Bertz CT molecular complexity index is 425. The van der Waals surface area contributed by atoms with Crippen LogP contribution in [0.25, 0.3) is 0 Å². The molecule has 0 unspecified atom stereocenters. The van der Waals surface area contributed by atoms with Crippen molar-refractivity contribution in [3.63, 3.8) is 0 Å². The Morgan fingerprint density at radius 3 is 3.14 bits per heavy atom. The van der Waals surface area contributed by atoms with Crippen LogP contribution in [0.15, 0.2) is 10.5 Å². The highest BCUT2D eigenvalue weighted by atomic mass is 79.9. The fourth-order valence-corrected chi connectivity index (χ4v) is 2.64. The van der Waals surface area contributed by atoms with E-state index in [-0.39, 0.29) is 0 Å². The summed E-state index contributed by atoms with van der Waals surface area (Å²) < 4.78 is 6.33. The largest absolute Gasteiger partial charge is 0.492 e. The zero-order chi connectivity index (χ0) is 10.1. The number of nitriles is 1. The van der Waals surface area contributed by atoms with E-state index in [1.165, 1.54) is 0 Å². The highest BCUT2D eigenvalue weighted by molar-refractivity contribution is 9.10. The van der Waals surface area contributed by atoms with Crippen molar-refractivity contribution in [3.8, 4) is 11.8 Å². The maximum atomic E-state index is 8.68. The van der Waals surface area contributed by atoms with Gasteiger partial charge in [-0.1, -0.05) is 11.6 Å². The van der Waals surface area contributed by atoms with Crippen molar-refractivity contribution in [1.29, 1.82) is 5.26 Å². The lowest BCUT2D eigenvalue weighted by Crippen LogP contribution is -1.92. The number of rotatable bonds is 1. The van der Waals surface area contributed by atoms with E-state index in [2.05, 4.69) is 22.0 Å². The van der Waals surface area contributed by atoms with Crippen LogP contribution in [0.1, 0.15) is 11.1 Å². The van der Waals surface area contributed by atoms with E-state index >= 15 is 0 Å². The molecule has 1 heterocycles. The van der Waals surface area contributed by atoms with Gasteiger partial charge in [0.05, 0.1) is 23.6 Å². The predicted molar refractivity (Wildman–Crippen MR) is 57.7 cm³/mol. The number of fused-ring (bicyclic) bond motifs is 1. The van der Waals surface area contributed by atoms with Crippen LogP contribution in [-0.4, -0.2) is 6.61 Å². The van der Waals surface area contributed by atoms with Gasteiger partial charge < -0.3 is 4.74 Å². The van der Waals surface area contributed by atoms with Crippen molar-refractivity contribution in [1.82, 2.24) is 0 Å². The van der Waals surface area contributed by atoms with E-state index in [1.54, 1.807) is 6.07 Å². The third kappa shape index (κ3) is 1.49. The zero-order valence-electron chi connectivity index (χ0n) is 7.31. The molecule has 4 heteroatoms. The lowest BCUT2D eigenvalue weighted by molar-refractivity contribution is 0.355. The van der Waals surface area contributed by atoms with Gasteiger partial charge in [0, 0.05) is 17.0 Å². The molecule has 14 heavy (non-hydrogen) atoms. The first-order valence-electron chi connectivity index (χ1n) is 4.23. The van der Waals surface area contributed by atoms with Gasteiger partial charge in [-0.05, 0) is 27.6 Å². The van der Waals surface area contributed by atoms with Gasteiger partial charge in [0.25, 0.3) is 0 Å². The zero-order valence-corrected chi connectivity index (χ0v) is 9.65. The van der Waals surface area contributed by atoms with Crippen molar-refractivity contribution in [2.45, 2.75) is 12.8 Å². The molecule has 0 N–H and O–H groups in total. The van der Waals surface area contributed by atoms with Crippen LogP contribution in [0.3, 0.4) is 0 Å². The average Bonchev–Trinajstić information content (AvgIpc) is 2.60. The maximum absolute atomic E-state index is 8.68. The third-order valence-corrected chi connectivity index (χ3v) is 3.18. The number of halogens is 2. The molecule has 2 nitrogen and oxygen atoms in total. The van der Waals surface area contributed by atoms with E-state index < -0.39 is 0 Å². The second-order valence-electron chi connectivity index (χ2n) is 3.06. The predicted octanol–water partition coefficient (Wildman–Crippen LogP) is 3.10. The van der Waals surface area contributed by atoms with E-state index in [9.17, 15) is 0 Å². The summed E-state index contributed by atoms with van der Waals surface area (Å²) in [5.74, 6) is 0.847. The molecule has 0 aliphatic carbocycles. The summed E-state index contributed by atoms with van der Waals surface area (Å²) in [5.41, 5.74) is 1.98. The quantitative estimate of drug-likeness (QED) is 0.787. The first kappa shape index (κ1) is 9.82. The number of hydrogen-bond donors (Lipinski definition) is 0. The Kier molecular flexibility index (Phi) is 2.66. The van der Waals surface area contributed by atoms with Crippen LogP contribution < -0.4 is 4.74 Å². The van der Waals surface area contributed by atoms with Crippen molar-refractivity contribution in [2.75, 3.05) is 6.61 Å². The van der Waals surface area contributed by atoms with Gasteiger partial charge in [-0.3, -0.25) is 0 Å². The van der Waals surface area contributed by atoms with Crippen LogP contribution in [0.5, 0.6) is 5.75 Å². The minimum atomic E-state index is 0.345. The molecule has 72 valence electrons. The van der Waals surface area contributed by atoms with Crippen molar-refractivity contribution in [2.24, 2.45) is 0 Å². The molecule has 2 rings (SSSR count). The number of benzene rings is 1. The van der Waals surface area contributed by atoms with Gasteiger partial charge in [-0.25, -0.2) is 0 Å². The Labute approximate surface area is 95.6 Å². The lowest BCUT2D eigenvalue weighted by atomic mass is 10.0. The fraction of sp³-hybridized carbons (Fsp3) is 0.300. The molecule has 0 fully saturated rings. The maximum Gasteiger partial charge on any atom is 0.137 e. The van der Waals surface area contributed by atoms with Gasteiger partial charge in [-0.2, -0.15) is 5.26 Å². The molecule has 0 amide bonds. The summed E-state index contributed by atoms with van der Waals surface area (Å²) in [6.07, 6.45) is 1.18. The molecule has 0 spiro atoms. The lowest BCUT2D eigenvalue weighted by Gasteiger charge is -2.08. The second kappa shape index (κ2) is 3.80. The minimum absolute atomic E-state index is 0.345. The van der Waals surface area contributed by atoms with Crippen molar-refractivity contribution < 1.29 is 4.74 Å². The SMILES string of the molecule is N#CCc1c(Cl)cc(Br)c2c1CCO2. The smallest absolute Gasteiger partial charge is 0.137 e. The van der Waals surface area contributed by atoms with Crippen LogP contribution in [0.2, 0.25) is 5.02 Å². The summed E-state index contributed by atoms with van der Waals surface area (Å²) >= 11 is 9.45. The summed E-state index contributed by atoms with van der Waals surface area (Å²) in [4.78, 5) is 0. The second-order valence-corrected chi connectivity index (χ2v) is 4.32. The summed E-state index contributed by atoms with van der Waals surface area (Å²) in [7, 11) is 0. The van der Waals surface area contributed by atoms with Crippen molar-refractivity contribution in [3.05, 3.63) is 26.7 Å². The minimum Gasteiger partial charge on any atom is -0.492 e. The Morgan fingerprint density at radius 1 is 1.64 bits per heavy atom. The third-order valence-electron chi connectivity index (χ3n) is 2.25. The van der Waals surface area contributed by atoms with E-state index in [4.69, 9.17) is 21.6 Å². The Hall–Kier alpha value is -0.720. The van der Waals surface area contributed by atoms with Crippen LogP contribution in [-0.2, 0) is 12.8 Å². The molecule has 0 atom stereocenters. The van der Waals surface area contributed by atoms with Crippen LogP contribution >= 0.6 is 27.5 Å². The van der Waals surface area contributed by atoms with Gasteiger partial charge in [-0.15, -0.1) is 0 Å². The molecule has 0 aromatic heterocycles. The van der Waals surface area contributed by atoms with Gasteiger partial charge in [0.2, 0.25) is 0 Å². The molecule has 0 radical (unpaired) electrons. The first-order valence-corrected chi connectivity index (χ1v) is 5.40. The summed E-state index contributed by atoms with van der Waals surface area (Å²) in [6.45, 7) is 0.673. The van der Waals surface area contributed by atoms with Crippen LogP contribution in [0, 0.1) is 11.3 Å². The Balaban J connectivity index is 2.61. The van der Waals surface area contributed by atoms with E-state index in [1.807, 2.05) is 0 Å². The molecule has 0 saturated carbocycles. The highest BCUT2D eigenvalue weighted by Crippen LogP contribution is 2.39. The number of hydrogen-bond acceptors (Lipinski definition) is 2. The van der Waals surface area contributed by atoms with Gasteiger partial charge in [0.15, 0.2) is 0 Å². The van der Waals surface area contributed by atoms with Crippen molar-refractivity contribution >= 4 is 27.5 Å². The van der Waals surface area contributed by atoms with E-state index in [0.29, 0.717) is 18.1 Å². The molecule has 1 aromatic carbocycles. The molecule has 1 aliphatic rings. The Morgan fingerprint density at radius 2 is 2.43 bits per heavy atom. The average molecular weight is 273 g/mol. The first-order chi connectivity index (χ1) is 6.74. The molecule has 1 aliphatic heterocycles. The fourth-order valence-electron chi connectivity index (χ4n) is 1.64. The van der Waals surface area contributed by atoms with Gasteiger partial charge >= 0.3 is 0 Å². The number of nitrogens with zero attached hydrogens (tertiary/aromatic N) is 1. The normalized spacial score (nSPS) is 13.2.